The van der Waals surface area contributed by atoms with Crippen LogP contribution < -0.4 is 0 Å². The molecule has 2 aliphatic carbocycles. The number of hydrogen-bond acceptors (Lipinski definition) is 4. The molecule has 3 aromatic rings. The average Bonchev–Trinajstić information content (AvgIpc) is 3.03. The zero-order valence-electron chi connectivity index (χ0n) is 19.7. The topological polar surface area (TPSA) is 66.5 Å². The van der Waals surface area contributed by atoms with E-state index >= 15 is 0 Å². The quantitative estimate of drug-likeness (QED) is 0.319. The summed E-state index contributed by atoms with van der Waals surface area (Å²) in [5.74, 6) is 1.96. The zero-order valence-corrected chi connectivity index (χ0v) is 22.1. The first-order chi connectivity index (χ1) is 15.5. The molecule has 0 bridgehead atoms. The Morgan fingerprint density at radius 3 is 2.21 bits per heavy atom. The van der Waals surface area contributed by atoms with Gasteiger partial charge in [-0.2, -0.15) is 0 Å². The fourth-order valence-electron chi connectivity index (χ4n) is 5.28. The maximum atomic E-state index is 10.0. The van der Waals surface area contributed by atoms with Gasteiger partial charge in [0.1, 0.15) is 0 Å². The van der Waals surface area contributed by atoms with Crippen molar-refractivity contribution in [1.29, 1.82) is 0 Å². The van der Waals surface area contributed by atoms with Gasteiger partial charge < -0.3 is 19.6 Å². The molecule has 1 radical (unpaired) electrons. The molecule has 0 aliphatic heterocycles. The minimum atomic E-state index is -0.240. The van der Waals surface area contributed by atoms with Crippen molar-refractivity contribution in [3.8, 4) is 11.5 Å². The van der Waals surface area contributed by atoms with Crippen LogP contribution in [-0.4, -0.2) is 27.4 Å². The van der Waals surface area contributed by atoms with E-state index in [-0.39, 0.29) is 38.2 Å². The van der Waals surface area contributed by atoms with Gasteiger partial charge in [-0.3, -0.25) is 0 Å². The molecule has 2 atom stereocenters. The SMILES string of the molecule is CC(C)c1ccnc(-c2[c-]c3ccccc3o2)c1.OC1CCCCC2CCCCC(O)C12.[Ir]. The van der Waals surface area contributed by atoms with E-state index in [1.54, 1.807) is 0 Å². The van der Waals surface area contributed by atoms with E-state index in [1.165, 1.54) is 31.2 Å². The van der Waals surface area contributed by atoms with Crippen molar-refractivity contribution in [2.75, 3.05) is 0 Å². The third kappa shape index (κ3) is 6.54. The van der Waals surface area contributed by atoms with Gasteiger partial charge in [0, 0.05) is 43.5 Å². The normalized spacial score (nSPS) is 25.2. The summed E-state index contributed by atoms with van der Waals surface area (Å²) < 4.78 is 5.77. The first-order valence-corrected chi connectivity index (χ1v) is 12.3. The van der Waals surface area contributed by atoms with Gasteiger partial charge in [0.05, 0.1) is 18.0 Å². The monoisotopic (exact) mass is 627 g/mol. The van der Waals surface area contributed by atoms with Crippen LogP contribution in [0.2, 0.25) is 0 Å². The van der Waals surface area contributed by atoms with Gasteiger partial charge in [0.25, 0.3) is 0 Å². The minimum Gasteiger partial charge on any atom is -0.518 e. The van der Waals surface area contributed by atoms with Gasteiger partial charge in [-0.05, 0) is 43.6 Å². The van der Waals surface area contributed by atoms with Crippen molar-refractivity contribution in [3.05, 3.63) is 54.2 Å². The standard InChI is InChI=1S/C16H14NO.C12H22O2.Ir/c1-11(2)12-7-8-17-14(9-12)16-10-13-5-3-4-6-15(13)18-16;13-10-7-3-1-5-9-6-2-4-8-11(14)12(9)10;/h3-9,11H,1-2H3;9-14H,1-8H2;/q-1;;. The first kappa shape index (κ1) is 26.1. The molecule has 0 spiro atoms. The van der Waals surface area contributed by atoms with Crippen molar-refractivity contribution in [1.82, 2.24) is 4.98 Å². The molecule has 0 saturated heterocycles. The summed E-state index contributed by atoms with van der Waals surface area (Å²) in [6.07, 6.45) is 10.4. The number of benzene rings is 1. The second-order valence-corrected chi connectivity index (χ2v) is 9.72. The molecule has 2 aliphatic rings. The molecule has 2 unspecified atom stereocenters. The molecule has 2 heterocycles. The number of para-hydroxylation sites is 1. The van der Waals surface area contributed by atoms with Crippen molar-refractivity contribution >= 4 is 11.0 Å². The number of fused-ring (bicyclic) bond motifs is 2. The Bertz CT molecular complexity index is 950. The van der Waals surface area contributed by atoms with Gasteiger partial charge in [-0.15, -0.1) is 17.5 Å². The largest absolute Gasteiger partial charge is 0.518 e. The van der Waals surface area contributed by atoms with E-state index in [2.05, 4.69) is 31.0 Å². The Labute approximate surface area is 211 Å². The molecule has 2 aromatic heterocycles. The second-order valence-electron chi connectivity index (χ2n) is 9.72. The Morgan fingerprint density at radius 2 is 1.58 bits per heavy atom. The van der Waals surface area contributed by atoms with Crippen molar-refractivity contribution in [3.63, 3.8) is 0 Å². The Balaban J connectivity index is 0.000000186. The predicted octanol–water partition coefficient (Wildman–Crippen LogP) is 6.50. The van der Waals surface area contributed by atoms with Gasteiger partial charge in [0.2, 0.25) is 0 Å². The number of rotatable bonds is 2. The molecule has 0 amide bonds. The predicted molar refractivity (Wildman–Crippen MR) is 128 cm³/mol. The summed E-state index contributed by atoms with van der Waals surface area (Å²) in [5.41, 5.74) is 2.95. The summed E-state index contributed by atoms with van der Waals surface area (Å²) in [6, 6.07) is 15.2. The molecule has 2 N–H and O–H groups in total. The van der Waals surface area contributed by atoms with Crippen LogP contribution in [0.5, 0.6) is 0 Å². The third-order valence-corrected chi connectivity index (χ3v) is 7.11. The van der Waals surface area contributed by atoms with E-state index in [0.29, 0.717) is 17.6 Å². The fourth-order valence-corrected chi connectivity index (χ4v) is 5.28. The molecule has 33 heavy (non-hydrogen) atoms. The summed E-state index contributed by atoms with van der Waals surface area (Å²) in [7, 11) is 0. The maximum Gasteiger partial charge on any atom is 0.0595 e. The number of aliphatic hydroxyl groups is 2. The van der Waals surface area contributed by atoms with E-state index < -0.39 is 0 Å². The van der Waals surface area contributed by atoms with Crippen LogP contribution in [0.25, 0.3) is 22.4 Å². The molecule has 5 rings (SSSR count). The first-order valence-electron chi connectivity index (χ1n) is 12.3. The molecule has 1 aromatic carbocycles. The second kappa shape index (κ2) is 12.3. The number of aromatic nitrogens is 1. The Morgan fingerprint density at radius 1 is 0.939 bits per heavy atom. The Hall–Kier alpha value is -1.52. The third-order valence-electron chi connectivity index (χ3n) is 7.11. The minimum absolute atomic E-state index is 0. The summed E-state index contributed by atoms with van der Waals surface area (Å²) in [4.78, 5) is 4.36. The number of hydrogen-bond donors (Lipinski definition) is 2. The molecular formula is C28H36IrNO3-. The van der Waals surface area contributed by atoms with Crippen LogP contribution in [-0.2, 0) is 20.1 Å². The number of pyridine rings is 1. The maximum absolute atomic E-state index is 10.0. The van der Waals surface area contributed by atoms with E-state index in [1.807, 2.05) is 36.5 Å². The van der Waals surface area contributed by atoms with E-state index in [0.717, 1.165) is 42.3 Å². The van der Waals surface area contributed by atoms with Gasteiger partial charge in [-0.25, -0.2) is 0 Å². The van der Waals surface area contributed by atoms with Crippen LogP contribution in [0.4, 0.5) is 0 Å². The van der Waals surface area contributed by atoms with E-state index in [4.69, 9.17) is 4.42 Å². The fraction of sp³-hybridized carbons (Fsp3) is 0.536. The average molecular weight is 627 g/mol. The Kier molecular flexibility index (Phi) is 9.69. The molecule has 2 fully saturated rings. The van der Waals surface area contributed by atoms with Crippen molar-refractivity contribution in [2.45, 2.75) is 83.3 Å². The van der Waals surface area contributed by atoms with Gasteiger partial charge in [-0.1, -0.05) is 69.4 Å². The van der Waals surface area contributed by atoms with Crippen LogP contribution in [0, 0.1) is 17.9 Å². The van der Waals surface area contributed by atoms with Crippen LogP contribution in [0.3, 0.4) is 0 Å². The summed E-state index contributed by atoms with van der Waals surface area (Å²) in [5, 5.41) is 21.0. The molecular weight excluding hydrogens is 591 g/mol. The molecule has 181 valence electrons. The molecule has 5 heteroatoms. The van der Waals surface area contributed by atoms with Crippen LogP contribution in [0.1, 0.15) is 76.7 Å². The van der Waals surface area contributed by atoms with Gasteiger partial charge in [0.15, 0.2) is 0 Å². The zero-order chi connectivity index (χ0) is 22.5. The van der Waals surface area contributed by atoms with Crippen LogP contribution >= 0.6 is 0 Å². The number of aliphatic hydroxyl groups excluding tert-OH is 2. The van der Waals surface area contributed by atoms with Crippen LogP contribution in [0.15, 0.2) is 47.0 Å². The summed E-state index contributed by atoms with van der Waals surface area (Å²) >= 11 is 0. The molecule has 4 nitrogen and oxygen atoms in total. The van der Waals surface area contributed by atoms with E-state index in [9.17, 15) is 10.2 Å². The summed E-state index contributed by atoms with van der Waals surface area (Å²) in [6.45, 7) is 4.34. The van der Waals surface area contributed by atoms with Crippen molar-refractivity contribution < 1.29 is 34.7 Å². The van der Waals surface area contributed by atoms with Gasteiger partial charge >= 0.3 is 0 Å². The number of furan rings is 1. The van der Waals surface area contributed by atoms with Crippen molar-refractivity contribution in [2.24, 2.45) is 11.8 Å². The number of nitrogens with zero attached hydrogens (tertiary/aromatic N) is 1. The smallest absolute Gasteiger partial charge is 0.0595 e. The molecule has 2 saturated carbocycles.